The van der Waals surface area contributed by atoms with Crippen molar-refractivity contribution in [3.8, 4) is 0 Å². The number of fused-ring (bicyclic) bond motifs is 1. The first kappa shape index (κ1) is 12.4. The molecule has 0 atom stereocenters. The quantitative estimate of drug-likeness (QED) is 0.587. The molecule has 0 radical (unpaired) electrons. The molecule has 0 fully saturated rings. The van der Waals surface area contributed by atoms with Gasteiger partial charge in [-0.2, -0.15) is 0 Å². The van der Waals surface area contributed by atoms with E-state index in [0.29, 0.717) is 5.82 Å². The van der Waals surface area contributed by atoms with Crippen LogP contribution in [0.15, 0.2) is 40.9 Å². The number of aryl methyl sites for hydroxylation is 1. The largest absolute Gasteiger partial charge is 0.383 e. The molecule has 3 aromatic rings. The zero-order valence-electron chi connectivity index (χ0n) is 10.5. The average Bonchev–Trinajstić information content (AvgIpc) is 2.85. The zero-order valence-corrected chi connectivity index (χ0v) is 12.1. The van der Waals surface area contributed by atoms with Gasteiger partial charge in [-0.05, 0) is 23.9 Å². The van der Waals surface area contributed by atoms with Crippen LogP contribution < -0.4 is 5.73 Å². The van der Waals surface area contributed by atoms with Crippen molar-refractivity contribution in [1.82, 2.24) is 9.97 Å². The first-order valence-corrected chi connectivity index (χ1v) is 7.78. The molecule has 0 saturated carbocycles. The van der Waals surface area contributed by atoms with Crippen LogP contribution in [0.3, 0.4) is 0 Å². The van der Waals surface area contributed by atoms with E-state index in [1.54, 1.807) is 23.1 Å². The Morgan fingerprint density at radius 1 is 1.26 bits per heavy atom. The second kappa shape index (κ2) is 5.19. The Balaban J connectivity index is 1.81. The molecule has 0 spiro atoms. The highest BCUT2D eigenvalue weighted by Gasteiger charge is 2.07. The van der Waals surface area contributed by atoms with Gasteiger partial charge < -0.3 is 5.73 Å². The lowest BCUT2D eigenvalue weighted by Crippen LogP contribution is -1.95. The summed E-state index contributed by atoms with van der Waals surface area (Å²) < 4.78 is 0. The lowest BCUT2D eigenvalue weighted by atomic mass is 10.2. The highest BCUT2D eigenvalue weighted by atomic mass is 32.2. The van der Waals surface area contributed by atoms with E-state index >= 15 is 0 Å². The van der Waals surface area contributed by atoms with Crippen molar-refractivity contribution in [3.63, 3.8) is 0 Å². The van der Waals surface area contributed by atoms with E-state index in [-0.39, 0.29) is 0 Å². The first-order valence-electron chi connectivity index (χ1n) is 5.91. The molecule has 3 nitrogen and oxygen atoms in total. The van der Waals surface area contributed by atoms with Gasteiger partial charge in [0.15, 0.2) is 5.16 Å². The van der Waals surface area contributed by atoms with Crippen molar-refractivity contribution < 1.29 is 0 Å². The molecule has 5 heteroatoms. The predicted molar refractivity (Wildman–Crippen MR) is 82.6 cm³/mol. The van der Waals surface area contributed by atoms with E-state index in [0.717, 1.165) is 21.1 Å². The number of aromatic nitrogens is 2. The van der Waals surface area contributed by atoms with E-state index < -0.39 is 0 Å². The van der Waals surface area contributed by atoms with Crippen molar-refractivity contribution in [1.29, 1.82) is 0 Å². The fourth-order valence-corrected chi connectivity index (χ4v) is 3.50. The van der Waals surface area contributed by atoms with Crippen LogP contribution in [0.5, 0.6) is 0 Å². The average molecular weight is 287 g/mol. The molecule has 2 N–H and O–H groups in total. The molecule has 0 saturated heterocycles. The van der Waals surface area contributed by atoms with Crippen molar-refractivity contribution >= 4 is 39.1 Å². The van der Waals surface area contributed by atoms with E-state index in [4.69, 9.17) is 5.73 Å². The second-order valence-corrected chi connectivity index (χ2v) is 6.15. The third-order valence-electron chi connectivity index (χ3n) is 2.78. The summed E-state index contributed by atoms with van der Waals surface area (Å²) in [4.78, 5) is 9.83. The van der Waals surface area contributed by atoms with Crippen molar-refractivity contribution in [2.75, 3.05) is 5.73 Å². The molecule has 0 amide bonds. The van der Waals surface area contributed by atoms with Crippen molar-refractivity contribution in [2.24, 2.45) is 0 Å². The summed E-state index contributed by atoms with van der Waals surface area (Å²) in [7, 11) is 0. The molecular formula is C14H13N3S2. The maximum Gasteiger partial charge on any atom is 0.191 e. The molecule has 0 aliphatic carbocycles. The normalized spacial score (nSPS) is 11.0. The van der Waals surface area contributed by atoms with Crippen LogP contribution in [0.4, 0.5) is 5.82 Å². The van der Waals surface area contributed by atoms with Crippen molar-refractivity contribution in [2.45, 2.75) is 17.8 Å². The molecule has 1 aromatic carbocycles. The van der Waals surface area contributed by atoms with Crippen LogP contribution >= 0.6 is 23.1 Å². The third-order valence-corrected chi connectivity index (χ3v) is 4.51. The first-order chi connectivity index (χ1) is 9.22. The smallest absolute Gasteiger partial charge is 0.191 e. The minimum atomic E-state index is 0.568. The highest BCUT2D eigenvalue weighted by molar-refractivity contribution is 7.98. The van der Waals surface area contributed by atoms with Gasteiger partial charge in [0.05, 0.1) is 5.39 Å². The molecule has 2 aromatic heterocycles. The maximum atomic E-state index is 5.94. The standard InChI is InChI=1S/C14H13N3S2/c1-9-3-2-4-10(7-9)8-19-14-16-12(15)11-5-6-18-13(11)17-14/h2-7H,8H2,1H3,(H2,15,16,17). The zero-order chi connectivity index (χ0) is 13.2. The van der Waals surface area contributed by atoms with Gasteiger partial charge in [-0.15, -0.1) is 11.3 Å². The fourth-order valence-electron chi connectivity index (χ4n) is 1.87. The van der Waals surface area contributed by atoms with Gasteiger partial charge in [-0.1, -0.05) is 41.6 Å². The lowest BCUT2D eigenvalue weighted by molar-refractivity contribution is 1.02. The van der Waals surface area contributed by atoms with Crippen LogP contribution in [0, 0.1) is 6.92 Å². The van der Waals surface area contributed by atoms with Gasteiger partial charge in [0, 0.05) is 5.75 Å². The molecule has 19 heavy (non-hydrogen) atoms. The monoisotopic (exact) mass is 287 g/mol. The second-order valence-electron chi connectivity index (χ2n) is 4.31. The Bertz CT molecular complexity index is 722. The Morgan fingerprint density at radius 2 is 2.16 bits per heavy atom. The number of rotatable bonds is 3. The topological polar surface area (TPSA) is 51.8 Å². The number of nitrogen functional groups attached to an aromatic ring is 1. The van der Waals surface area contributed by atoms with Crippen LogP contribution in [-0.2, 0) is 5.75 Å². The summed E-state index contributed by atoms with van der Waals surface area (Å²) in [5.41, 5.74) is 8.48. The van der Waals surface area contributed by atoms with E-state index in [1.807, 2.05) is 11.4 Å². The summed E-state index contributed by atoms with van der Waals surface area (Å²) in [6.07, 6.45) is 0. The Labute approximate surface area is 119 Å². The number of thiophene rings is 1. The maximum absolute atomic E-state index is 5.94. The van der Waals surface area contributed by atoms with Gasteiger partial charge in [-0.3, -0.25) is 0 Å². The molecule has 0 unspecified atom stereocenters. The Kier molecular flexibility index (Phi) is 3.40. The fraction of sp³-hybridized carbons (Fsp3) is 0.143. The Morgan fingerprint density at radius 3 is 3.00 bits per heavy atom. The summed E-state index contributed by atoms with van der Waals surface area (Å²) in [5, 5.41) is 3.68. The molecule has 3 rings (SSSR count). The van der Waals surface area contributed by atoms with Crippen molar-refractivity contribution in [3.05, 3.63) is 46.8 Å². The number of hydrogen-bond donors (Lipinski definition) is 1. The number of thioether (sulfide) groups is 1. The van der Waals surface area contributed by atoms with E-state index in [1.165, 1.54) is 11.1 Å². The molecule has 0 aliphatic rings. The van der Waals surface area contributed by atoms with Gasteiger partial charge in [0.25, 0.3) is 0 Å². The summed E-state index contributed by atoms with van der Waals surface area (Å²) in [6.45, 7) is 2.10. The highest BCUT2D eigenvalue weighted by Crippen LogP contribution is 2.27. The van der Waals surface area contributed by atoms with Gasteiger partial charge >= 0.3 is 0 Å². The molecule has 0 aliphatic heterocycles. The Hall–Kier alpha value is -1.59. The minimum absolute atomic E-state index is 0.568. The van der Waals surface area contributed by atoms with Gasteiger partial charge in [0.2, 0.25) is 0 Å². The summed E-state index contributed by atoms with van der Waals surface area (Å²) >= 11 is 3.21. The number of benzene rings is 1. The third kappa shape index (κ3) is 2.72. The van der Waals surface area contributed by atoms with Crippen LogP contribution in [0.1, 0.15) is 11.1 Å². The van der Waals surface area contributed by atoms with Gasteiger partial charge in [0.1, 0.15) is 10.6 Å². The predicted octanol–water partition coefficient (Wildman–Crippen LogP) is 3.87. The van der Waals surface area contributed by atoms with Crippen LogP contribution in [0.25, 0.3) is 10.2 Å². The molecule has 96 valence electrons. The van der Waals surface area contributed by atoms with Gasteiger partial charge in [-0.25, -0.2) is 9.97 Å². The number of anilines is 1. The summed E-state index contributed by atoms with van der Waals surface area (Å²) in [6, 6.07) is 10.4. The number of nitrogens with two attached hydrogens (primary N) is 1. The van der Waals surface area contributed by atoms with E-state index in [2.05, 4.69) is 41.2 Å². The van der Waals surface area contributed by atoms with Crippen LogP contribution in [-0.4, -0.2) is 9.97 Å². The summed E-state index contributed by atoms with van der Waals surface area (Å²) in [5.74, 6) is 1.43. The van der Waals surface area contributed by atoms with Crippen LogP contribution in [0.2, 0.25) is 0 Å². The number of nitrogens with zero attached hydrogens (tertiary/aromatic N) is 2. The minimum Gasteiger partial charge on any atom is -0.383 e. The molecule has 0 bridgehead atoms. The molecule has 2 heterocycles. The lowest BCUT2D eigenvalue weighted by Gasteiger charge is -2.03. The SMILES string of the molecule is Cc1cccc(CSc2nc(N)c3ccsc3n2)c1. The number of hydrogen-bond acceptors (Lipinski definition) is 5. The van der Waals surface area contributed by atoms with E-state index in [9.17, 15) is 0 Å². The molecular weight excluding hydrogens is 274 g/mol.